The van der Waals surface area contributed by atoms with Crippen LogP contribution in [-0.2, 0) is 9.59 Å². The minimum absolute atomic E-state index is 0.0441. The molecule has 0 aliphatic carbocycles. The predicted molar refractivity (Wildman–Crippen MR) is 52.4 cm³/mol. The molecular formula is C9H17N3O2. The van der Waals surface area contributed by atoms with Crippen molar-refractivity contribution < 1.29 is 9.59 Å². The first-order chi connectivity index (χ1) is 6.59. The third-order valence-corrected chi connectivity index (χ3v) is 2.21. The number of amides is 2. The van der Waals surface area contributed by atoms with Crippen LogP contribution in [0.15, 0.2) is 0 Å². The maximum absolute atomic E-state index is 11.4. The number of carbonyl (C=O) groups is 2. The molecule has 1 fully saturated rings. The average Bonchev–Trinajstić information content (AvgIpc) is 2.51. The largest absolute Gasteiger partial charge is 0.354 e. The SMILES string of the molecule is CC(N)CCNC(=O)C1CCC(=O)N1. The molecule has 1 heterocycles. The van der Waals surface area contributed by atoms with Crippen LogP contribution in [0.3, 0.4) is 0 Å². The fraction of sp³-hybridized carbons (Fsp3) is 0.778. The van der Waals surface area contributed by atoms with Crippen molar-refractivity contribution in [3.63, 3.8) is 0 Å². The lowest BCUT2D eigenvalue weighted by atomic mass is 10.2. The Morgan fingerprint density at radius 1 is 1.79 bits per heavy atom. The van der Waals surface area contributed by atoms with Gasteiger partial charge in [0.25, 0.3) is 0 Å². The van der Waals surface area contributed by atoms with Gasteiger partial charge in [-0.1, -0.05) is 0 Å². The average molecular weight is 199 g/mol. The Bertz CT molecular complexity index is 228. The Morgan fingerprint density at radius 2 is 2.50 bits per heavy atom. The Hall–Kier alpha value is -1.10. The molecule has 0 bridgehead atoms. The van der Waals surface area contributed by atoms with Crippen LogP contribution in [0.5, 0.6) is 0 Å². The number of hydrogen-bond donors (Lipinski definition) is 3. The zero-order chi connectivity index (χ0) is 10.6. The number of nitrogens with two attached hydrogens (primary N) is 1. The molecule has 2 amide bonds. The molecule has 0 aromatic heterocycles. The lowest BCUT2D eigenvalue weighted by Crippen LogP contribution is -2.42. The fourth-order valence-corrected chi connectivity index (χ4v) is 1.36. The molecule has 0 aromatic carbocycles. The molecule has 0 saturated carbocycles. The van der Waals surface area contributed by atoms with Gasteiger partial charge >= 0.3 is 0 Å². The van der Waals surface area contributed by atoms with Gasteiger partial charge in [0, 0.05) is 19.0 Å². The minimum atomic E-state index is -0.337. The second-order valence-electron chi connectivity index (χ2n) is 3.72. The third kappa shape index (κ3) is 3.33. The van der Waals surface area contributed by atoms with Crippen LogP contribution >= 0.6 is 0 Å². The molecule has 2 atom stereocenters. The summed E-state index contributed by atoms with van der Waals surface area (Å²) >= 11 is 0. The summed E-state index contributed by atoms with van der Waals surface area (Å²) in [5.41, 5.74) is 5.53. The number of carbonyl (C=O) groups excluding carboxylic acids is 2. The van der Waals surface area contributed by atoms with Gasteiger partial charge in [0.2, 0.25) is 11.8 Å². The molecule has 0 aromatic rings. The Balaban J connectivity index is 2.18. The van der Waals surface area contributed by atoms with Crippen molar-refractivity contribution in [1.82, 2.24) is 10.6 Å². The highest BCUT2D eigenvalue weighted by Crippen LogP contribution is 2.05. The van der Waals surface area contributed by atoms with Gasteiger partial charge in [-0.25, -0.2) is 0 Å². The van der Waals surface area contributed by atoms with Gasteiger partial charge in [-0.05, 0) is 19.8 Å². The third-order valence-electron chi connectivity index (χ3n) is 2.21. The van der Waals surface area contributed by atoms with Crippen molar-refractivity contribution in [2.24, 2.45) is 5.73 Å². The standard InChI is InChI=1S/C9H17N3O2/c1-6(10)4-5-11-9(14)7-2-3-8(13)12-7/h6-7H,2-5,10H2,1H3,(H,11,14)(H,12,13). The molecule has 14 heavy (non-hydrogen) atoms. The number of hydrogen-bond acceptors (Lipinski definition) is 3. The number of nitrogens with one attached hydrogen (secondary N) is 2. The lowest BCUT2D eigenvalue weighted by Gasteiger charge is -2.11. The minimum Gasteiger partial charge on any atom is -0.354 e. The monoisotopic (exact) mass is 199 g/mol. The van der Waals surface area contributed by atoms with E-state index in [0.717, 1.165) is 6.42 Å². The molecule has 5 heteroatoms. The molecule has 4 N–H and O–H groups in total. The highest BCUT2D eigenvalue weighted by molar-refractivity contribution is 5.90. The van der Waals surface area contributed by atoms with Crippen molar-refractivity contribution in [2.45, 2.75) is 38.3 Å². The van der Waals surface area contributed by atoms with E-state index < -0.39 is 0 Å². The normalized spacial score (nSPS) is 23.0. The van der Waals surface area contributed by atoms with Gasteiger partial charge in [-0.3, -0.25) is 9.59 Å². The van der Waals surface area contributed by atoms with Crippen LogP contribution in [0, 0.1) is 0 Å². The summed E-state index contributed by atoms with van der Waals surface area (Å²) in [5.74, 6) is -0.145. The van der Waals surface area contributed by atoms with Crippen molar-refractivity contribution in [1.29, 1.82) is 0 Å². The zero-order valence-electron chi connectivity index (χ0n) is 8.38. The highest BCUT2D eigenvalue weighted by atomic mass is 16.2. The van der Waals surface area contributed by atoms with Crippen molar-refractivity contribution in [3.8, 4) is 0 Å². The molecule has 0 radical (unpaired) electrons. The van der Waals surface area contributed by atoms with Crippen molar-refractivity contribution >= 4 is 11.8 Å². The van der Waals surface area contributed by atoms with Gasteiger partial charge in [-0.2, -0.15) is 0 Å². The maximum Gasteiger partial charge on any atom is 0.242 e. The topological polar surface area (TPSA) is 84.2 Å². The molecule has 1 aliphatic rings. The molecule has 80 valence electrons. The van der Waals surface area contributed by atoms with Crippen molar-refractivity contribution in [2.75, 3.05) is 6.54 Å². The fourth-order valence-electron chi connectivity index (χ4n) is 1.36. The van der Waals surface area contributed by atoms with Crippen LogP contribution in [0.25, 0.3) is 0 Å². The van der Waals surface area contributed by atoms with Gasteiger partial charge in [-0.15, -0.1) is 0 Å². The van der Waals surface area contributed by atoms with E-state index in [1.807, 2.05) is 6.92 Å². The zero-order valence-corrected chi connectivity index (χ0v) is 8.38. The molecule has 2 unspecified atom stereocenters. The quantitative estimate of drug-likeness (QED) is 0.549. The van der Waals surface area contributed by atoms with Crippen LogP contribution in [-0.4, -0.2) is 30.4 Å². The molecule has 0 spiro atoms. The summed E-state index contributed by atoms with van der Waals surface area (Å²) in [7, 11) is 0. The summed E-state index contributed by atoms with van der Waals surface area (Å²) in [6.45, 7) is 2.46. The van der Waals surface area contributed by atoms with E-state index >= 15 is 0 Å². The molecule has 5 nitrogen and oxygen atoms in total. The molecule has 1 aliphatic heterocycles. The summed E-state index contributed by atoms with van der Waals surface area (Å²) < 4.78 is 0. The van der Waals surface area contributed by atoms with Gasteiger partial charge < -0.3 is 16.4 Å². The van der Waals surface area contributed by atoms with Gasteiger partial charge in [0.15, 0.2) is 0 Å². The molecule has 1 rings (SSSR count). The first-order valence-corrected chi connectivity index (χ1v) is 4.92. The Labute approximate surface area is 83.4 Å². The summed E-state index contributed by atoms with van der Waals surface area (Å²) in [5, 5.41) is 5.35. The first-order valence-electron chi connectivity index (χ1n) is 4.92. The lowest BCUT2D eigenvalue weighted by molar-refractivity contribution is -0.125. The smallest absolute Gasteiger partial charge is 0.242 e. The first kappa shape index (κ1) is 11.0. The Kier molecular flexibility index (Phi) is 3.88. The molecular weight excluding hydrogens is 182 g/mol. The van der Waals surface area contributed by atoms with E-state index in [4.69, 9.17) is 5.73 Å². The van der Waals surface area contributed by atoms with E-state index in [1.165, 1.54) is 0 Å². The van der Waals surface area contributed by atoms with Gasteiger partial charge in [0.05, 0.1) is 0 Å². The van der Waals surface area contributed by atoms with E-state index in [9.17, 15) is 9.59 Å². The molecule has 1 saturated heterocycles. The van der Waals surface area contributed by atoms with Crippen molar-refractivity contribution in [3.05, 3.63) is 0 Å². The maximum atomic E-state index is 11.4. The van der Waals surface area contributed by atoms with Crippen LogP contribution in [0.1, 0.15) is 26.2 Å². The van der Waals surface area contributed by atoms with Crippen LogP contribution in [0.4, 0.5) is 0 Å². The van der Waals surface area contributed by atoms with E-state index in [-0.39, 0.29) is 23.9 Å². The van der Waals surface area contributed by atoms with E-state index in [2.05, 4.69) is 10.6 Å². The summed E-state index contributed by atoms with van der Waals surface area (Å²) in [4.78, 5) is 22.2. The highest BCUT2D eigenvalue weighted by Gasteiger charge is 2.26. The van der Waals surface area contributed by atoms with Crippen LogP contribution < -0.4 is 16.4 Å². The Morgan fingerprint density at radius 3 is 3.00 bits per heavy atom. The van der Waals surface area contributed by atoms with E-state index in [0.29, 0.717) is 19.4 Å². The predicted octanol–water partition coefficient (Wildman–Crippen LogP) is -0.881. The van der Waals surface area contributed by atoms with Crippen LogP contribution in [0.2, 0.25) is 0 Å². The summed E-state index contributed by atoms with van der Waals surface area (Å²) in [6.07, 6.45) is 1.81. The second-order valence-corrected chi connectivity index (χ2v) is 3.72. The second kappa shape index (κ2) is 4.95. The van der Waals surface area contributed by atoms with Gasteiger partial charge in [0.1, 0.15) is 6.04 Å². The summed E-state index contributed by atoms with van der Waals surface area (Å²) in [6, 6.07) is -0.246. The number of rotatable bonds is 4. The van der Waals surface area contributed by atoms with E-state index in [1.54, 1.807) is 0 Å².